The van der Waals surface area contributed by atoms with Crippen molar-refractivity contribution < 1.29 is 14.6 Å². The van der Waals surface area contributed by atoms with Gasteiger partial charge in [0.1, 0.15) is 5.75 Å². The molecule has 0 fully saturated rings. The third kappa shape index (κ3) is 3.48. The minimum absolute atomic E-state index is 0.515. The first-order chi connectivity index (χ1) is 7.95. The van der Waals surface area contributed by atoms with Gasteiger partial charge in [-0.2, -0.15) is 0 Å². The number of aliphatic carboxylic acids is 1. The minimum atomic E-state index is -0.950. The minimum Gasteiger partial charge on any atom is -0.479 e. The Bertz CT molecular complexity index is 398. The second-order valence-corrected chi connectivity index (χ2v) is 4.43. The van der Waals surface area contributed by atoms with E-state index in [-0.39, 0.29) is 0 Å². The monoisotopic (exact) mass is 236 g/mol. The quantitative estimate of drug-likeness (QED) is 0.852. The van der Waals surface area contributed by atoms with Gasteiger partial charge in [0, 0.05) is 0 Å². The Kier molecular flexibility index (Phi) is 4.55. The van der Waals surface area contributed by atoms with Crippen LogP contribution in [-0.2, 0) is 4.79 Å². The smallest absolute Gasteiger partial charge is 0.344 e. The number of carboxylic acid groups (broad SMARTS) is 1. The number of carbonyl (C=O) groups is 1. The Morgan fingerprint density at radius 2 is 2.06 bits per heavy atom. The molecule has 1 N–H and O–H groups in total. The first-order valence-electron chi connectivity index (χ1n) is 5.95. The fourth-order valence-corrected chi connectivity index (χ4v) is 1.75. The predicted octanol–water partition coefficient (Wildman–Crippen LogP) is 3.36. The molecule has 17 heavy (non-hydrogen) atoms. The van der Waals surface area contributed by atoms with Crippen molar-refractivity contribution in [1.82, 2.24) is 0 Å². The lowest BCUT2D eigenvalue weighted by Gasteiger charge is -2.15. The van der Waals surface area contributed by atoms with Gasteiger partial charge in [-0.15, -0.1) is 0 Å². The van der Waals surface area contributed by atoms with Crippen molar-refractivity contribution in [3.63, 3.8) is 0 Å². The van der Waals surface area contributed by atoms with Crippen LogP contribution in [0.1, 0.15) is 44.2 Å². The maximum atomic E-state index is 10.7. The molecule has 1 aromatic carbocycles. The van der Waals surface area contributed by atoms with Crippen molar-refractivity contribution >= 4 is 5.97 Å². The molecule has 1 rings (SSSR count). The molecule has 0 saturated heterocycles. The van der Waals surface area contributed by atoms with Gasteiger partial charge in [-0.05, 0) is 49.4 Å². The van der Waals surface area contributed by atoms with E-state index in [0.29, 0.717) is 11.7 Å². The van der Waals surface area contributed by atoms with Crippen LogP contribution in [0.25, 0.3) is 0 Å². The van der Waals surface area contributed by atoms with E-state index in [1.807, 2.05) is 25.1 Å². The van der Waals surface area contributed by atoms with E-state index >= 15 is 0 Å². The third-order valence-electron chi connectivity index (χ3n) is 3.05. The van der Waals surface area contributed by atoms with Gasteiger partial charge in [0.25, 0.3) is 0 Å². The molecule has 0 aliphatic carbocycles. The van der Waals surface area contributed by atoms with E-state index < -0.39 is 12.1 Å². The zero-order valence-corrected chi connectivity index (χ0v) is 10.9. The van der Waals surface area contributed by atoms with Gasteiger partial charge >= 0.3 is 5.97 Å². The fourth-order valence-electron chi connectivity index (χ4n) is 1.75. The van der Waals surface area contributed by atoms with Gasteiger partial charge in [0.15, 0.2) is 6.10 Å². The van der Waals surface area contributed by atoms with Gasteiger partial charge in [0.2, 0.25) is 0 Å². The van der Waals surface area contributed by atoms with Crippen molar-refractivity contribution in [2.45, 2.75) is 46.1 Å². The molecule has 2 unspecified atom stereocenters. The Balaban J connectivity index is 2.85. The molecule has 0 aromatic heterocycles. The van der Waals surface area contributed by atoms with Gasteiger partial charge in [-0.25, -0.2) is 4.79 Å². The molecule has 2 atom stereocenters. The molecule has 0 amide bonds. The van der Waals surface area contributed by atoms with Crippen LogP contribution in [0, 0.1) is 6.92 Å². The number of benzene rings is 1. The molecule has 0 saturated carbocycles. The normalized spacial score (nSPS) is 14.1. The largest absolute Gasteiger partial charge is 0.479 e. The first-order valence-corrected chi connectivity index (χ1v) is 5.95. The second-order valence-electron chi connectivity index (χ2n) is 4.43. The van der Waals surface area contributed by atoms with E-state index in [0.717, 1.165) is 12.0 Å². The number of hydrogen-bond acceptors (Lipinski definition) is 2. The van der Waals surface area contributed by atoms with Crippen LogP contribution in [0.15, 0.2) is 18.2 Å². The van der Waals surface area contributed by atoms with Crippen molar-refractivity contribution in [2.75, 3.05) is 0 Å². The molecule has 0 aliphatic rings. The number of aryl methyl sites for hydroxylation is 1. The van der Waals surface area contributed by atoms with E-state index in [1.165, 1.54) is 12.5 Å². The maximum absolute atomic E-state index is 10.7. The van der Waals surface area contributed by atoms with Gasteiger partial charge in [-0.1, -0.05) is 19.9 Å². The zero-order chi connectivity index (χ0) is 13.0. The molecule has 0 bridgehead atoms. The van der Waals surface area contributed by atoms with Gasteiger partial charge in [0.05, 0.1) is 0 Å². The highest BCUT2D eigenvalue weighted by Gasteiger charge is 2.13. The summed E-state index contributed by atoms with van der Waals surface area (Å²) in [6.45, 7) is 7.89. The summed E-state index contributed by atoms with van der Waals surface area (Å²) in [7, 11) is 0. The van der Waals surface area contributed by atoms with Crippen LogP contribution in [0.5, 0.6) is 5.75 Å². The summed E-state index contributed by atoms with van der Waals surface area (Å²) in [5.41, 5.74) is 2.44. The van der Waals surface area contributed by atoms with Gasteiger partial charge in [-0.3, -0.25) is 0 Å². The molecule has 3 nitrogen and oxygen atoms in total. The number of rotatable bonds is 5. The van der Waals surface area contributed by atoms with Gasteiger partial charge < -0.3 is 9.84 Å². The molecule has 94 valence electrons. The molecule has 3 heteroatoms. The molecule has 0 heterocycles. The topological polar surface area (TPSA) is 46.5 Å². The Hall–Kier alpha value is -1.51. The fraction of sp³-hybridized carbons (Fsp3) is 0.500. The van der Waals surface area contributed by atoms with Crippen molar-refractivity contribution in [1.29, 1.82) is 0 Å². The lowest BCUT2D eigenvalue weighted by molar-refractivity contribution is -0.144. The van der Waals surface area contributed by atoms with Crippen LogP contribution in [0.2, 0.25) is 0 Å². The lowest BCUT2D eigenvalue weighted by Crippen LogP contribution is -2.22. The Morgan fingerprint density at radius 3 is 2.53 bits per heavy atom. The van der Waals surface area contributed by atoms with Crippen LogP contribution >= 0.6 is 0 Å². The summed E-state index contributed by atoms with van der Waals surface area (Å²) in [6.07, 6.45) is 0.274. The van der Waals surface area contributed by atoms with Crippen LogP contribution < -0.4 is 4.74 Å². The predicted molar refractivity (Wildman–Crippen MR) is 67.6 cm³/mol. The molecular weight excluding hydrogens is 216 g/mol. The summed E-state index contributed by atoms with van der Waals surface area (Å²) in [4.78, 5) is 10.7. The number of ether oxygens (including phenoxy) is 1. The van der Waals surface area contributed by atoms with Crippen LogP contribution in [0.3, 0.4) is 0 Å². The average molecular weight is 236 g/mol. The Labute approximate surface area is 102 Å². The Morgan fingerprint density at radius 1 is 1.41 bits per heavy atom. The summed E-state index contributed by atoms with van der Waals surface area (Å²) in [6, 6.07) is 5.77. The van der Waals surface area contributed by atoms with Crippen molar-refractivity contribution in [3.8, 4) is 5.75 Å². The standard InChI is InChI=1S/C14H20O3/c1-5-9(2)13-7-6-12(8-10(13)3)17-11(4)14(15)16/h6-9,11H,5H2,1-4H3,(H,15,16). The summed E-state index contributed by atoms with van der Waals surface area (Å²) in [5, 5.41) is 8.77. The molecule has 1 aromatic rings. The number of carboxylic acids is 1. The SMILES string of the molecule is CCC(C)c1ccc(OC(C)C(=O)O)cc1C. The third-order valence-corrected chi connectivity index (χ3v) is 3.05. The molecule has 0 radical (unpaired) electrons. The van der Waals surface area contributed by atoms with Crippen molar-refractivity contribution in [3.05, 3.63) is 29.3 Å². The summed E-state index contributed by atoms with van der Waals surface area (Å²) >= 11 is 0. The van der Waals surface area contributed by atoms with E-state index in [1.54, 1.807) is 0 Å². The van der Waals surface area contributed by atoms with E-state index in [4.69, 9.17) is 9.84 Å². The second kappa shape index (κ2) is 5.71. The highest BCUT2D eigenvalue weighted by molar-refractivity contribution is 5.72. The lowest BCUT2D eigenvalue weighted by atomic mass is 9.94. The zero-order valence-electron chi connectivity index (χ0n) is 10.9. The van der Waals surface area contributed by atoms with E-state index in [9.17, 15) is 4.79 Å². The molecule has 0 aliphatic heterocycles. The van der Waals surface area contributed by atoms with Crippen LogP contribution in [0.4, 0.5) is 0 Å². The van der Waals surface area contributed by atoms with Crippen LogP contribution in [-0.4, -0.2) is 17.2 Å². The molecule has 0 spiro atoms. The average Bonchev–Trinajstić information content (AvgIpc) is 2.28. The van der Waals surface area contributed by atoms with E-state index in [2.05, 4.69) is 13.8 Å². The summed E-state index contributed by atoms with van der Waals surface area (Å²) in [5.74, 6) is 0.180. The number of hydrogen-bond donors (Lipinski definition) is 1. The highest BCUT2D eigenvalue weighted by atomic mass is 16.5. The maximum Gasteiger partial charge on any atom is 0.344 e. The van der Waals surface area contributed by atoms with Crippen molar-refractivity contribution in [2.24, 2.45) is 0 Å². The highest BCUT2D eigenvalue weighted by Crippen LogP contribution is 2.26. The first kappa shape index (κ1) is 13.6. The molecular formula is C14H20O3. The summed E-state index contributed by atoms with van der Waals surface area (Å²) < 4.78 is 5.33.